The summed E-state index contributed by atoms with van der Waals surface area (Å²) in [5.74, 6) is -2.11. The molecular formula is C31H35N3O3S. The Balaban J connectivity index is 1.64. The Morgan fingerprint density at radius 3 is 1.42 bits per heavy atom. The third kappa shape index (κ3) is 9.56. The van der Waals surface area contributed by atoms with Crippen LogP contribution < -0.4 is 16.0 Å². The van der Waals surface area contributed by atoms with Gasteiger partial charge >= 0.3 is 0 Å². The number of hydrogen-bond acceptors (Lipinski definition) is 4. The van der Waals surface area contributed by atoms with Crippen molar-refractivity contribution in [1.82, 2.24) is 16.0 Å². The molecule has 0 saturated carbocycles. The van der Waals surface area contributed by atoms with Gasteiger partial charge in [-0.2, -0.15) is 0 Å². The van der Waals surface area contributed by atoms with Gasteiger partial charge in [-0.25, -0.2) is 0 Å². The van der Waals surface area contributed by atoms with E-state index in [2.05, 4.69) is 16.0 Å². The minimum Gasteiger partial charge on any atom is -0.354 e. The van der Waals surface area contributed by atoms with E-state index in [0.717, 1.165) is 16.7 Å². The van der Waals surface area contributed by atoms with Crippen molar-refractivity contribution in [1.29, 1.82) is 0 Å². The first kappa shape index (κ1) is 28.7. The van der Waals surface area contributed by atoms with Crippen molar-refractivity contribution in [2.45, 2.75) is 38.6 Å². The molecule has 0 aliphatic heterocycles. The van der Waals surface area contributed by atoms with Crippen molar-refractivity contribution in [3.63, 3.8) is 0 Å². The zero-order valence-electron chi connectivity index (χ0n) is 21.7. The lowest BCUT2D eigenvalue weighted by atomic mass is 9.95. The van der Waals surface area contributed by atoms with Crippen LogP contribution in [0.25, 0.3) is 0 Å². The molecule has 3 aromatic carbocycles. The molecule has 198 valence electrons. The van der Waals surface area contributed by atoms with Gasteiger partial charge in [-0.05, 0) is 49.3 Å². The van der Waals surface area contributed by atoms with Gasteiger partial charge < -0.3 is 16.0 Å². The van der Waals surface area contributed by atoms with Crippen molar-refractivity contribution in [3.05, 3.63) is 108 Å². The second-order valence-electron chi connectivity index (χ2n) is 9.18. The number of nitrogens with one attached hydrogen (secondary N) is 3. The van der Waals surface area contributed by atoms with Crippen LogP contribution in [0, 0.1) is 5.92 Å². The highest BCUT2D eigenvalue weighted by Crippen LogP contribution is 2.13. The molecule has 0 spiro atoms. The standard InChI is InChI=1S/C31H35N3O3S/c1-23(38)27(18-17-24-11-5-2-6-12-24)29(35)34-28(30(36)32-21-19-25-13-7-3-8-14-25)31(37)33-22-20-26-15-9-4-10-16-26/h2-16,27-28H,17-22H2,1H3,(H,32,36)(H,33,37)(H,34,35)/t27-/m1/s1. The number of rotatable bonds is 14. The summed E-state index contributed by atoms with van der Waals surface area (Å²) in [5.41, 5.74) is 3.23. The van der Waals surface area contributed by atoms with Gasteiger partial charge in [0.1, 0.15) is 0 Å². The molecule has 0 saturated heterocycles. The molecule has 3 rings (SSSR count). The molecule has 0 aliphatic carbocycles. The van der Waals surface area contributed by atoms with E-state index in [0.29, 0.717) is 43.6 Å². The van der Waals surface area contributed by atoms with Crippen LogP contribution >= 0.6 is 12.2 Å². The molecule has 0 radical (unpaired) electrons. The quantitative estimate of drug-likeness (QED) is 0.219. The molecule has 0 aliphatic rings. The normalized spacial score (nSPS) is 11.4. The molecule has 1 atom stereocenters. The molecule has 6 nitrogen and oxygen atoms in total. The number of hydrogen-bond donors (Lipinski definition) is 3. The zero-order valence-corrected chi connectivity index (χ0v) is 22.5. The summed E-state index contributed by atoms with van der Waals surface area (Å²) in [5, 5.41) is 8.29. The first-order chi connectivity index (χ1) is 18.4. The SMILES string of the molecule is CC(=S)[C@@H](CCc1ccccc1)C(=O)NC(C(=O)NCCc1ccccc1)C(=O)NCCc1ccccc1. The molecule has 3 aromatic rings. The Morgan fingerprint density at radius 1 is 0.632 bits per heavy atom. The highest BCUT2D eigenvalue weighted by atomic mass is 32.1. The van der Waals surface area contributed by atoms with Crippen LogP contribution in [0.15, 0.2) is 91.0 Å². The minimum atomic E-state index is -1.36. The predicted molar refractivity (Wildman–Crippen MR) is 155 cm³/mol. The van der Waals surface area contributed by atoms with Crippen LogP contribution in [0.5, 0.6) is 0 Å². The van der Waals surface area contributed by atoms with E-state index < -0.39 is 29.7 Å². The molecule has 3 N–H and O–H groups in total. The van der Waals surface area contributed by atoms with Crippen LogP contribution in [-0.4, -0.2) is 41.7 Å². The Kier molecular flexibility index (Phi) is 11.7. The minimum absolute atomic E-state index is 0.343. The summed E-state index contributed by atoms with van der Waals surface area (Å²) in [6.07, 6.45) is 2.37. The number of carbonyl (C=O) groups is 3. The second-order valence-corrected chi connectivity index (χ2v) is 9.83. The highest BCUT2D eigenvalue weighted by molar-refractivity contribution is 7.80. The number of amides is 3. The predicted octanol–water partition coefficient (Wildman–Crippen LogP) is 3.83. The molecular weight excluding hydrogens is 494 g/mol. The van der Waals surface area contributed by atoms with Crippen molar-refractivity contribution in [2.24, 2.45) is 5.92 Å². The van der Waals surface area contributed by atoms with Gasteiger partial charge in [-0.1, -0.05) is 103 Å². The van der Waals surface area contributed by atoms with E-state index in [1.807, 2.05) is 91.0 Å². The average molecular weight is 530 g/mol. The first-order valence-corrected chi connectivity index (χ1v) is 13.3. The highest BCUT2D eigenvalue weighted by Gasteiger charge is 2.31. The average Bonchev–Trinajstić information content (AvgIpc) is 2.93. The van der Waals surface area contributed by atoms with Crippen molar-refractivity contribution < 1.29 is 14.4 Å². The van der Waals surface area contributed by atoms with Crippen molar-refractivity contribution >= 4 is 34.8 Å². The van der Waals surface area contributed by atoms with Gasteiger partial charge in [0.2, 0.25) is 5.91 Å². The van der Waals surface area contributed by atoms with Crippen LogP contribution in [0.2, 0.25) is 0 Å². The van der Waals surface area contributed by atoms with Gasteiger partial charge in [0.15, 0.2) is 6.04 Å². The fraction of sp³-hybridized carbons (Fsp3) is 0.290. The lowest BCUT2D eigenvalue weighted by Gasteiger charge is -2.22. The summed E-state index contributed by atoms with van der Waals surface area (Å²) < 4.78 is 0. The third-order valence-electron chi connectivity index (χ3n) is 6.29. The van der Waals surface area contributed by atoms with Gasteiger partial charge in [0.25, 0.3) is 11.8 Å². The Hall–Kier alpha value is -3.84. The summed E-state index contributed by atoms with van der Waals surface area (Å²) >= 11 is 5.38. The maximum absolute atomic E-state index is 13.3. The van der Waals surface area contributed by atoms with E-state index in [1.165, 1.54) is 0 Å². The summed E-state index contributed by atoms with van der Waals surface area (Å²) in [6.45, 7) is 2.41. The summed E-state index contributed by atoms with van der Waals surface area (Å²) in [7, 11) is 0. The van der Waals surface area contributed by atoms with Gasteiger partial charge in [-0.3, -0.25) is 14.4 Å². The van der Waals surface area contributed by atoms with Crippen molar-refractivity contribution in [3.8, 4) is 0 Å². The Bertz CT molecular complexity index is 1130. The summed E-state index contributed by atoms with van der Waals surface area (Å²) in [4.78, 5) is 40.0. The van der Waals surface area contributed by atoms with Crippen LogP contribution in [0.3, 0.4) is 0 Å². The molecule has 0 unspecified atom stereocenters. The number of thiocarbonyl (C=S) groups is 1. The van der Waals surface area contributed by atoms with E-state index in [-0.39, 0.29) is 0 Å². The lowest BCUT2D eigenvalue weighted by Crippen LogP contribution is -2.57. The van der Waals surface area contributed by atoms with E-state index in [4.69, 9.17) is 12.2 Å². The Morgan fingerprint density at radius 2 is 1.03 bits per heavy atom. The third-order valence-corrected chi connectivity index (χ3v) is 6.58. The van der Waals surface area contributed by atoms with E-state index >= 15 is 0 Å². The molecule has 38 heavy (non-hydrogen) atoms. The summed E-state index contributed by atoms with van der Waals surface area (Å²) in [6, 6.07) is 28.0. The first-order valence-electron chi connectivity index (χ1n) is 12.9. The molecule has 0 bridgehead atoms. The fourth-order valence-corrected chi connectivity index (χ4v) is 4.35. The van der Waals surface area contributed by atoms with Crippen molar-refractivity contribution in [2.75, 3.05) is 13.1 Å². The fourth-order valence-electron chi connectivity index (χ4n) is 4.12. The van der Waals surface area contributed by atoms with Gasteiger partial charge in [0, 0.05) is 18.0 Å². The van der Waals surface area contributed by atoms with E-state index in [1.54, 1.807) is 6.92 Å². The van der Waals surface area contributed by atoms with Crippen LogP contribution in [0.1, 0.15) is 30.0 Å². The monoisotopic (exact) mass is 529 g/mol. The number of benzene rings is 3. The lowest BCUT2D eigenvalue weighted by molar-refractivity contribution is -0.137. The number of carbonyl (C=O) groups excluding carboxylic acids is 3. The topological polar surface area (TPSA) is 87.3 Å². The molecule has 0 fully saturated rings. The Labute approximate surface area is 230 Å². The van der Waals surface area contributed by atoms with E-state index in [9.17, 15) is 14.4 Å². The second kappa shape index (κ2) is 15.4. The van der Waals surface area contributed by atoms with Crippen LogP contribution in [-0.2, 0) is 33.6 Å². The maximum Gasteiger partial charge on any atom is 0.252 e. The zero-order chi connectivity index (χ0) is 27.2. The maximum atomic E-state index is 13.3. The molecule has 0 heterocycles. The van der Waals surface area contributed by atoms with Crippen LogP contribution in [0.4, 0.5) is 0 Å². The molecule has 3 amide bonds. The van der Waals surface area contributed by atoms with Gasteiger partial charge in [0.05, 0.1) is 5.92 Å². The molecule has 0 aromatic heterocycles. The van der Waals surface area contributed by atoms with Gasteiger partial charge in [-0.15, -0.1) is 0 Å². The largest absolute Gasteiger partial charge is 0.354 e. The smallest absolute Gasteiger partial charge is 0.252 e. The molecule has 7 heteroatoms. The number of aryl methyl sites for hydroxylation is 1.